The third-order valence-corrected chi connectivity index (χ3v) is 5.71. The number of likely N-dealkylation sites (tertiary alicyclic amines) is 1. The van der Waals surface area contributed by atoms with Gasteiger partial charge in [-0.05, 0) is 57.6 Å². The summed E-state index contributed by atoms with van der Waals surface area (Å²) < 4.78 is 5.23. The van der Waals surface area contributed by atoms with Gasteiger partial charge in [0, 0.05) is 29.4 Å². The average Bonchev–Trinajstić information content (AvgIpc) is 3.21. The Kier molecular flexibility index (Phi) is 5.68. The molecule has 0 saturated carbocycles. The smallest absolute Gasteiger partial charge is 0.223 e. The molecule has 0 aromatic carbocycles. The van der Waals surface area contributed by atoms with Gasteiger partial charge in [0.05, 0.1) is 5.69 Å². The normalized spacial score (nSPS) is 16.4. The van der Waals surface area contributed by atoms with E-state index in [1.165, 1.54) is 10.4 Å². The zero-order valence-electron chi connectivity index (χ0n) is 14.4. The van der Waals surface area contributed by atoms with Gasteiger partial charge in [0.15, 0.2) is 0 Å². The van der Waals surface area contributed by atoms with Crippen molar-refractivity contribution in [3.05, 3.63) is 39.4 Å². The maximum atomic E-state index is 12.3. The van der Waals surface area contributed by atoms with E-state index < -0.39 is 0 Å². The fourth-order valence-electron chi connectivity index (χ4n) is 3.21. The third kappa shape index (κ3) is 4.24. The number of aryl methyl sites for hydroxylation is 2. The van der Waals surface area contributed by atoms with E-state index in [0.717, 1.165) is 56.9 Å². The summed E-state index contributed by atoms with van der Waals surface area (Å²) in [6, 6.07) is 4.17. The maximum Gasteiger partial charge on any atom is 0.223 e. The number of amides is 1. The number of hydrogen-bond donors (Lipinski definition) is 1. The number of piperidine rings is 1. The van der Waals surface area contributed by atoms with Crippen molar-refractivity contribution in [2.75, 3.05) is 19.6 Å². The van der Waals surface area contributed by atoms with Gasteiger partial charge in [0.25, 0.3) is 0 Å². The van der Waals surface area contributed by atoms with Gasteiger partial charge in [-0.25, -0.2) is 0 Å². The van der Waals surface area contributed by atoms with Gasteiger partial charge >= 0.3 is 0 Å². The van der Waals surface area contributed by atoms with Crippen molar-refractivity contribution >= 4 is 17.2 Å². The molecular formula is C18H25N3O2S. The molecule has 6 heteroatoms. The van der Waals surface area contributed by atoms with Gasteiger partial charge < -0.3 is 9.84 Å². The highest BCUT2D eigenvalue weighted by Gasteiger charge is 2.25. The van der Waals surface area contributed by atoms with Crippen molar-refractivity contribution in [1.29, 1.82) is 0 Å². The van der Waals surface area contributed by atoms with Crippen LogP contribution in [0.3, 0.4) is 0 Å². The SMILES string of the molecule is Cc1noc(C)c1CN1CCC(C(=O)NCCc2cccs2)CC1. The van der Waals surface area contributed by atoms with Crippen LogP contribution in [-0.4, -0.2) is 35.6 Å². The van der Waals surface area contributed by atoms with Crippen LogP contribution in [-0.2, 0) is 17.8 Å². The molecule has 5 nitrogen and oxygen atoms in total. The van der Waals surface area contributed by atoms with Crippen molar-refractivity contribution in [3.8, 4) is 0 Å². The molecule has 0 atom stereocenters. The summed E-state index contributed by atoms with van der Waals surface area (Å²) in [5.74, 6) is 1.26. The second-order valence-electron chi connectivity index (χ2n) is 6.47. The van der Waals surface area contributed by atoms with Crippen LogP contribution in [0.1, 0.15) is 34.7 Å². The van der Waals surface area contributed by atoms with E-state index in [9.17, 15) is 4.79 Å². The van der Waals surface area contributed by atoms with Crippen LogP contribution in [0.25, 0.3) is 0 Å². The van der Waals surface area contributed by atoms with Crippen LogP contribution in [0.15, 0.2) is 22.0 Å². The Morgan fingerprint density at radius 2 is 2.21 bits per heavy atom. The fourth-order valence-corrected chi connectivity index (χ4v) is 3.92. The molecule has 1 amide bonds. The van der Waals surface area contributed by atoms with Crippen molar-refractivity contribution in [2.24, 2.45) is 5.92 Å². The predicted molar refractivity (Wildman–Crippen MR) is 95.0 cm³/mol. The van der Waals surface area contributed by atoms with Gasteiger partial charge in [-0.2, -0.15) is 0 Å². The van der Waals surface area contributed by atoms with Crippen molar-refractivity contribution in [1.82, 2.24) is 15.4 Å². The van der Waals surface area contributed by atoms with E-state index in [4.69, 9.17) is 4.52 Å². The molecule has 0 radical (unpaired) electrons. The van der Waals surface area contributed by atoms with Crippen LogP contribution in [0, 0.1) is 19.8 Å². The van der Waals surface area contributed by atoms with Crippen LogP contribution in [0.2, 0.25) is 0 Å². The monoisotopic (exact) mass is 347 g/mol. The molecular weight excluding hydrogens is 322 g/mol. The molecule has 1 aliphatic rings. The number of nitrogens with zero attached hydrogens (tertiary/aromatic N) is 2. The molecule has 3 rings (SSSR count). The number of nitrogens with one attached hydrogen (secondary N) is 1. The number of carbonyl (C=O) groups is 1. The Hall–Kier alpha value is -1.66. The lowest BCUT2D eigenvalue weighted by atomic mass is 9.95. The molecule has 0 spiro atoms. The number of hydrogen-bond acceptors (Lipinski definition) is 5. The number of thiophene rings is 1. The zero-order valence-corrected chi connectivity index (χ0v) is 15.2. The summed E-state index contributed by atoms with van der Waals surface area (Å²) in [6.07, 6.45) is 2.77. The Morgan fingerprint density at radius 3 is 2.83 bits per heavy atom. The number of carbonyl (C=O) groups excluding carboxylic acids is 1. The Labute approximate surface area is 147 Å². The zero-order chi connectivity index (χ0) is 16.9. The van der Waals surface area contributed by atoms with Gasteiger partial charge in [-0.1, -0.05) is 11.2 Å². The predicted octanol–water partition coefficient (Wildman–Crippen LogP) is 2.92. The number of rotatable bonds is 6. The highest BCUT2D eigenvalue weighted by Crippen LogP contribution is 2.21. The fraction of sp³-hybridized carbons (Fsp3) is 0.556. The van der Waals surface area contributed by atoms with Crippen molar-refractivity contribution in [2.45, 2.75) is 39.7 Å². The third-order valence-electron chi connectivity index (χ3n) is 4.77. The number of aromatic nitrogens is 1. The lowest BCUT2D eigenvalue weighted by Gasteiger charge is -2.31. The quantitative estimate of drug-likeness (QED) is 0.873. The lowest BCUT2D eigenvalue weighted by molar-refractivity contribution is -0.126. The maximum absolute atomic E-state index is 12.3. The molecule has 130 valence electrons. The van der Waals surface area contributed by atoms with E-state index in [0.29, 0.717) is 0 Å². The molecule has 0 unspecified atom stereocenters. The largest absolute Gasteiger partial charge is 0.361 e. The average molecular weight is 347 g/mol. The molecule has 2 aromatic rings. The summed E-state index contributed by atoms with van der Waals surface area (Å²) in [5, 5.41) is 9.18. The van der Waals surface area contributed by atoms with E-state index in [-0.39, 0.29) is 11.8 Å². The molecule has 1 N–H and O–H groups in total. The van der Waals surface area contributed by atoms with E-state index in [2.05, 4.69) is 32.9 Å². The molecule has 24 heavy (non-hydrogen) atoms. The molecule has 1 saturated heterocycles. The minimum absolute atomic E-state index is 0.147. The minimum Gasteiger partial charge on any atom is -0.361 e. The molecule has 2 aromatic heterocycles. The highest BCUT2D eigenvalue weighted by molar-refractivity contribution is 7.09. The summed E-state index contributed by atoms with van der Waals surface area (Å²) in [5.41, 5.74) is 2.16. The standard InChI is InChI=1S/C18H25N3O2S/c1-13-17(14(2)23-20-13)12-21-9-6-15(7-10-21)18(22)19-8-5-16-4-3-11-24-16/h3-4,11,15H,5-10,12H2,1-2H3,(H,19,22). The lowest BCUT2D eigenvalue weighted by Crippen LogP contribution is -2.40. The van der Waals surface area contributed by atoms with E-state index >= 15 is 0 Å². The summed E-state index contributed by atoms with van der Waals surface area (Å²) in [4.78, 5) is 16.0. The van der Waals surface area contributed by atoms with Crippen LogP contribution in [0.5, 0.6) is 0 Å². The molecule has 3 heterocycles. The van der Waals surface area contributed by atoms with Gasteiger partial charge in [-0.15, -0.1) is 11.3 Å². The minimum atomic E-state index is 0.147. The van der Waals surface area contributed by atoms with E-state index in [1.807, 2.05) is 13.8 Å². The summed E-state index contributed by atoms with van der Waals surface area (Å²) in [6.45, 7) is 7.45. The summed E-state index contributed by atoms with van der Waals surface area (Å²) >= 11 is 1.74. The van der Waals surface area contributed by atoms with Crippen LogP contribution >= 0.6 is 11.3 Å². The first-order valence-corrected chi connectivity index (χ1v) is 9.45. The second kappa shape index (κ2) is 7.94. The van der Waals surface area contributed by atoms with E-state index in [1.54, 1.807) is 11.3 Å². The van der Waals surface area contributed by atoms with Gasteiger partial charge in [0.2, 0.25) is 5.91 Å². The molecule has 1 fully saturated rings. The van der Waals surface area contributed by atoms with Gasteiger partial charge in [0.1, 0.15) is 5.76 Å². The van der Waals surface area contributed by atoms with Crippen molar-refractivity contribution in [3.63, 3.8) is 0 Å². The molecule has 0 aliphatic carbocycles. The first kappa shape index (κ1) is 17.2. The Morgan fingerprint density at radius 1 is 1.42 bits per heavy atom. The van der Waals surface area contributed by atoms with Gasteiger partial charge in [-0.3, -0.25) is 9.69 Å². The molecule has 0 bridgehead atoms. The second-order valence-corrected chi connectivity index (χ2v) is 7.51. The highest BCUT2D eigenvalue weighted by atomic mass is 32.1. The Balaban J connectivity index is 1.40. The van der Waals surface area contributed by atoms with Crippen LogP contribution in [0.4, 0.5) is 0 Å². The summed E-state index contributed by atoms with van der Waals surface area (Å²) in [7, 11) is 0. The first-order valence-electron chi connectivity index (χ1n) is 8.57. The Bertz CT molecular complexity index is 638. The molecule has 1 aliphatic heterocycles. The first-order chi connectivity index (χ1) is 11.6. The van der Waals surface area contributed by atoms with Crippen molar-refractivity contribution < 1.29 is 9.32 Å². The van der Waals surface area contributed by atoms with Crippen LogP contribution < -0.4 is 5.32 Å². The topological polar surface area (TPSA) is 58.4 Å².